The fraction of sp³-hybridized carbons (Fsp3) is 0.353. The van der Waals surface area contributed by atoms with Crippen molar-refractivity contribution in [3.05, 3.63) is 52.7 Å². The second-order valence-corrected chi connectivity index (χ2v) is 5.96. The zero-order valence-electron chi connectivity index (χ0n) is 12.4. The Hall–Kier alpha value is -2.03. The molecule has 0 bridgehead atoms. The van der Waals surface area contributed by atoms with Crippen LogP contribution in [0.1, 0.15) is 36.5 Å². The first-order chi connectivity index (χ1) is 11.2. The highest BCUT2D eigenvalue weighted by Gasteiger charge is 2.22. The van der Waals surface area contributed by atoms with Gasteiger partial charge in [-0.2, -0.15) is 5.26 Å². The summed E-state index contributed by atoms with van der Waals surface area (Å²) in [7, 11) is 0. The van der Waals surface area contributed by atoms with Gasteiger partial charge in [-0.25, -0.2) is 4.39 Å². The highest BCUT2D eigenvalue weighted by Crippen LogP contribution is 2.31. The second kappa shape index (κ2) is 7.03. The molecule has 0 spiro atoms. The average molecular weight is 335 g/mol. The van der Waals surface area contributed by atoms with Crippen molar-refractivity contribution in [3.8, 4) is 11.8 Å². The maximum atomic E-state index is 13.5. The van der Waals surface area contributed by atoms with E-state index in [0.717, 1.165) is 18.2 Å². The predicted octanol–water partition coefficient (Wildman–Crippen LogP) is 4.21. The Labute approximate surface area is 138 Å². The molecule has 0 radical (unpaired) electrons. The lowest BCUT2D eigenvalue weighted by Crippen LogP contribution is -2.21. The van der Waals surface area contributed by atoms with E-state index in [0.29, 0.717) is 12.5 Å². The summed E-state index contributed by atoms with van der Waals surface area (Å²) in [5, 5.41) is 12.5. The number of ether oxygens (including phenoxy) is 1. The number of halogens is 2. The van der Waals surface area contributed by atoms with E-state index in [1.807, 2.05) is 12.1 Å². The van der Waals surface area contributed by atoms with Gasteiger partial charge in [0.2, 0.25) is 0 Å². The number of hydrogen-bond donors (Lipinski definition) is 1. The third kappa shape index (κ3) is 4.04. The van der Waals surface area contributed by atoms with E-state index < -0.39 is 5.82 Å². The lowest BCUT2D eigenvalue weighted by molar-refractivity contribution is 0.192. The molecule has 3 rings (SSSR count). The Bertz CT molecular complexity index is 708. The van der Waals surface area contributed by atoms with Crippen LogP contribution in [-0.2, 0) is 0 Å². The van der Waals surface area contributed by atoms with Crippen LogP contribution < -0.4 is 10.1 Å². The molecule has 1 aliphatic rings. The SMILES string of the molecule is N#Cc1cc(F)c(Cl)cc1O[C@H](CCNC1CC1)c1ccoc1. The molecule has 1 saturated carbocycles. The number of nitrogens with one attached hydrogen (secondary N) is 1. The smallest absolute Gasteiger partial charge is 0.143 e. The molecule has 23 heavy (non-hydrogen) atoms. The first-order valence-corrected chi connectivity index (χ1v) is 7.86. The summed E-state index contributed by atoms with van der Waals surface area (Å²) in [6, 6.07) is 6.79. The largest absolute Gasteiger partial charge is 0.484 e. The fourth-order valence-corrected chi connectivity index (χ4v) is 2.48. The van der Waals surface area contributed by atoms with Crippen LogP contribution in [0.3, 0.4) is 0 Å². The molecule has 1 aromatic heterocycles. The first-order valence-electron chi connectivity index (χ1n) is 7.48. The number of nitriles is 1. The lowest BCUT2D eigenvalue weighted by atomic mass is 10.1. The van der Waals surface area contributed by atoms with Crippen LogP contribution in [0.25, 0.3) is 0 Å². The zero-order valence-corrected chi connectivity index (χ0v) is 13.1. The molecule has 1 fully saturated rings. The number of hydrogen-bond acceptors (Lipinski definition) is 4. The number of benzene rings is 1. The summed E-state index contributed by atoms with van der Waals surface area (Å²) < 4.78 is 24.6. The molecule has 2 aromatic rings. The highest BCUT2D eigenvalue weighted by atomic mass is 35.5. The monoisotopic (exact) mass is 334 g/mol. The van der Waals surface area contributed by atoms with Crippen molar-refractivity contribution in [3.63, 3.8) is 0 Å². The molecule has 1 aliphatic carbocycles. The van der Waals surface area contributed by atoms with Gasteiger partial charge in [-0.1, -0.05) is 11.6 Å². The van der Waals surface area contributed by atoms with Gasteiger partial charge in [-0.05, 0) is 31.5 Å². The van der Waals surface area contributed by atoms with Crippen molar-refractivity contribution < 1.29 is 13.5 Å². The van der Waals surface area contributed by atoms with Crippen LogP contribution in [0, 0.1) is 17.1 Å². The molecule has 0 unspecified atom stereocenters. The molecular weight excluding hydrogens is 319 g/mol. The Morgan fingerprint density at radius 2 is 2.30 bits per heavy atom. The van der Waals surface area contributed by atoms with Gasteiger partial charge in [0.1, 0.15) is 23.7 Å². The normalized spacial score (nSPS) is 15.2. The van der Waals surface area contributed by atoms with Gasteiger partial charge in [0, 0.05) is 24.1 Å². The number of furan rings is 1. The highest BCUT2D eigenvalue weighted by molar-refractivity contribution is 6.30. The Morgan fingerprint density at radius 3 is 2.96 bits per heavy atom. The third-order valence-electron chi connectivity index (χ3n) is 3.74. The molecule has 4 nitrogen and oxygen atoms in total. The lowest BCUT2D eigenvalue weighted by Gasteiger charge is -2.19. The summed E-state index contributed by atoms with van der Waals surface area (Å²) in [5.74, 6) is -0.359. The van der Waals surface area contributed by atoms with Crippen LogP contribution in [0.5, 0.6) is 5.75 Å². The van der Waals surface area contributed by atoms with Crippen molar-refractivity contribution in [1.82, 2.24) is 5.32 Å². The summed E-state index contributed by atoms with van der Waals surface area (Å²) in [4.78, 5) is 0. The minimum absolute atomic E-state index is 0.0685. The van der Waals surface area contributed by atoms with Gasteiger partial charge in [-0.15, -0.1) is 0 Å². The summed E-state index contributed by atoms with van der Waals surface area (Å²) in [5.41, 5.74) is 0.988. The zero-order chi connectivity index (χ0) is 16.2. The van der Waals surface area contributed by atoms with E-state index in [-0.39, 0.29) is 22.4 Å². The Kier molecular flexibility index (Phi) is 4.85. The van der Waals surface area contributed by atoms with E-state index >= 15 is 0 Å². The van der Waals surface area contributed by atoms with Gasteiger partial charge < -0.3 is 14.5 Å². The summed E-state index contributed by atoms with van der Waals surface area (Å²) in [6.45, 7) is 0.789. The molecule has 0 aliphatic heterocycles. The number of nitrogens with zero attached hydrogens (tertiary/aromatic N) is 1. The van der Waals surface area contributed by atoms with E-state index in [1.165, 1.54) is 18.9 Å². The maximum absolute atomic E-state index is 13.5. The molecule has 0 amide bonds. The van der Waals surface area contributed by atoms with Gasteiger partial charge in [0.25, 0.3) is 0 Å². The van der Waals surface area contributed by atoms with Crippen LogP contribution in [0.2, 0.25) is 5.02 Å². The minimum Gasteiger partial charge on any atom is -0.484 e. The molecule has 1 aromatic carbocycles. The fourth-order valence-electron chi connectivity index (χ4n) is 2.32. The first kappa shape index (κ1) is 15.9. The van der Waals surface area contributed by atoms with Crippen molar-refractivity contribution in [1.29, 1.82) is 5.26 Å². The molecule has 1 N–H and O–H groups in total. The molecule has 1 atom stereocenters. The molecule has 6 heteroatoms. The summed E-state index contributed by atoms with van der Waals surface area (Å²) in [6.07, 6.45) is 6.01. The predicted molar refractivity (Wildman–Crippen MR) is 83.8 cm³/mol. The quantitative estimate of drug-likeness (QED) is 0.824. The van der Waals surface area contributed by atoms with Crippen molar-refractivity contribution >= 4 is 11.6 Å². The Balaban J connectivity index is 1.77. The van der Waals surface area contributed by atoms with Gasteiger partial charge >= 0.3 is 0 Å². The molecule has 0 saturated heterocycles. The minimum atomic E-state index is -0.633. The van der Waals surface area contributed by atoms with Gasteiger partial charge in [-0.3, -0.25) is 0 Å². The Morgan fingerprint density at radius 1 is 1.48 bits per heavy atom. The maximum Gasteiger partial charge on any atom is 0.143 e. The average Bonchev–Trinajstić information content (AvgIpc) is 3.20. The van der Waals surface area contributed by atoms with E-state index in [4.69, 9.17) is 26.0 Å². The summed E-state index contributed by atoms with van der Waals surface area (Å²) >= 11 is 5.81. The standard InChI is InChI=1S/C17H16ClFN2O2/c18-14-8-17(12(9-20)7-15(14)19)23-16(11-4-6-22-10-11)3-5-21-13-1-2-13/h4,6-8,10,13,16,21H,1-3,5H2/t16-/m1/s1. The van der Waals surface area contributed by atoms with Crippen molar-refractivity contribution in [2.24, 2.45) is 0 Å². The van der Waals surface area contributed by atoms with Crippen molar-refractivity contribution in [2.75, 3.05) is 6.54 Å². The number of rotatable bonds is 7. The third-order valence-corrected chi connectivity index (χ3v) is 4.03. The van der Waals surface area contributed by atoms with Crippen molar-refractivity contribution in [2.45, 2.75) is 31.4 Å². The van der Waals surface area contributed by atoms with E-state index in [1.54, 1.807) is 12.5 Å². The van der Waals surface area contributed by atoms with Crippen LogP contribution in [0.4, 0.5) is 4.39 Å². The molecule has 1 heterocycles. The van der Waals surface area contributed by atoms with Gasteiger partial charge in [0.15, 0.2) is 0 Å². The topological polar surface area (TPSA) is 58.2 Å². The molecule has 120 valence electrons. The van der Waals surface area contributed by atoms with Crippen LogP contribution in [0.15, 0.2) is 35.1 Å². The second-order valence-electron chi connectivity index (χ2n) is 5.55. The van der Waals surface area contributed by atoms with E-state index in [2.05, 4.69) is 5.32 Å². The van der Waals surface area contributed by atoms with Gasteiger partial charge in [0.05, 0.1) is 23.1 Å². The van der Waals surface area contributed by atoms with E-state index in [9.17, 15) is 4.39 Å². The van der Waals surface area contributed by atoms with Crippen LogP contribution in [-0.4, -0.2) is 12.6 Å². The van der Waals surface area contributed by atoms with Crippen LogP contribution >= 0.6 is 11.6 Å². The molecular formula is C17H16ClFN2O2.